The highest BCUT2D eigenvalue weighted by molar-refractivity contribution is 6.25. The Morgan fingerprint density at radius 3 is 2.44 bits per heavy atom. The van der Waals surface area contributed by atoms with Crippen LogP contribution in [0.4, 0.5) is 5.69 Å². The van der Waals surface area contributed by atoms with E-state index in [9.17, 15) is 19.7 Å². The summed E-state index contributed by atoms with van der Waals surface area (Å²) in [6, 6.07) is 9.75. The number of benzene rings is 1. The molecule has 0 amide bonds. The van der Waals surface area contributed by atoms with Gasteiger partial charge in [0.25, 0.3) is 5.69 Å². The zero-order chi connectivity index (χ0) is 18.2. The molecule has 1 heterocycles. The molecule has 0 spiro atoms. The zero-order valence-corrected chi connectivity index (χ0v) is 14.1. The van der Waals surface area contributed by atoms with Crippen molar-refractivity contribution in [2.24, 2.45) is 5.41 Å². The van der Waals surface area contributed by atoms with Gasteiger partial charge in [-0.2, -0.15) is 0 Å². The first-order valence-corrected chi connectivity index (χ1v) is 7.97. The number of rotatable bonds is 3. The van der Waals surface area contributed by atoms with Crippen molar-refractivity contribution in [3.63, 3.8) is 0 Å². The predicted octanol–water partition coefficient (Wildman–Crippen LogP) is 3.73. The number of nitrogens with zero attached hydrogens (tertiary/aromatic N) is 2. The number of nitro benzene ring substituents is 1. The van der Waals surface area contributed by atoms with E-state index < -0.39 is 4.92 Å². The van der Waals surface area contributed by atoms with E-state index in [1.165, 1.54) is 12.1 Å². The maximum Gasteiger partial charge on any atom is 0.271 e. The second kappa shape index (κ2) is 6.12. The largest absolute Gasteiger partial charge is 0.317 e. The smallest absolute Gasteiger partial charge is 0.271 e. The van der Waals surface area contributed by atoms with Crippen molar-refractivity contribution in [1.29, 1.82) is 0 Å². The summed E-state index contributed by atoms with van der Waals surface area (Å²) < 4.78 is 1.72. The third kappa shape index (κ3) is 3.42. The molecule has 1 aliphatic rings. The Morgan fingerprint density at radius 2 is 1.80 bits per heavy atom. The molecule has 25 heavy (non-hydrogen) atoms. The molecule has 1 aliphatic carbocycles. The summed E-state index contributed by atoms with van der Waals surface area (Å²) >= 11 is 0. The lowest BCUT2D eigenvalue weighted by molar-refractivity contribution is -0.384. The number of ketones is 2. The van der Waals surface area contributed by atoms with Crippen molar-refractivity contribution in [2.75, 3.05) is 0 Å². The van der Waals surface area contributed by atoms with Crippen molar-refractivity contribution < 1.29 is 14.5 Å². The molecular formula is C19H18N2O4. The lowest BCUT2D eigenvalue weighted by Gasteiger charge is -2.28. The lowest BCUT2D eigenvalue weighted by atomic mass is 9.74. The number of carbonyl (C=O) groups excluding carboxylic acids is 2. The number of carbonyl (C=O) groups is 2. The highest BCUT2D eigenvalue weighted by Crippen LogP contribution is 2.34. The van der Waals surface area contributed by atoms with Crippen LogP contribution in [0.1, 0.15) is 32.4 Å². The van der Waals surface area contributed by atoms with Crippen LogP contribution in [0.25, 0.3) is 11.8 Å². The molecule has 0 N–H and O–H groups in total. The number of allylic oxidation sites excluding steroid dienone is 1. The van der Waals surface area contributed by atoms with E-state index in [0.29, 0.717) is 24.2 Å². The third-order valence-corrected chi connectivity index (χ3v) is 4.27. The van der Waals surface area contributed by atoms with E-state index in [1.54, 1.807) is 41.1 Å². The van der Waals surface area contributed by atoms with Gasteiger partial charge in [-0.1, -0.05) is 19.9 Å². The summed E-state index contributed by atoms with van der Waals surface area (Å²) in [5.74, 6) is -0.318. The van der Waals surface area contributed by atoms with Crippen LogP contribution >= 0.6 is 0 Å². The Hall–Kier alpha value is -3.02. The Kier molecular flexibility index (Phi) is 4.12. The van der Waals surface area contributed by atoms with Crippen LogP contribution < -0.4 is 0 Å². The lowest BCUT2D eigenvalue weighted by Crippen LogP contribution is -2.31. The van der Waals surface area contributed by atoms with Gasteiger partial charge in [-0.25, -0.2) is 0 Å². The molecule has 0 saturated heterocycles. The summed E-state index contributed by atoms with van der Waals surface area (Å²) in [5.41, 5.74) is 1.10. The average Bonchev–Trinajstić information content (AvgIpc) is 2.98. The van der Waals surface area contributed by atoms with E-state index in [0.717, 1.165) is 0 Å². The van der Waals surface area contributed by atoms with Gasteiger partial charge in [-0.15, -0.1) is 0 Å². The Labute approximate surface area is 144 Å². The quantitative estimate of drug-likeness (QED) is 0.369. The van der Waals surface area contributed by atoms with E-state index >= 15 is 0 Å². The molecule has 0 bridgehead atoms. The van der Waals surface area contributed by atoms with Crippen molar-refractivity contribution in [1.82, 2.24) is 4.57 Å². The Balaban J connectivity index is 2.00. The number of aromatic nitrogens is 1. The summed E-state index contributed by atoms with van der Waals surface area (Å²) in [5, 5.41) is 11.0. The third-order valence-electron chi connectivity index (χ3n) is 4.27. The second-order valence-corrected chi connectivity index (χ2v) is 7.00. The highest BCUT2D eigenvalue weighted by Gasteiger charge is 2.35. The first-order chi connectivity index (χ1) is 11.8. The predicted molar refractivity (Wildman–Crippen MR) is 93.4 cm³/mol. The Morgan fingerprint density at radius 1 is 1.12 bits per heavy atom. The molecule has 6 heteroatoms. The van der Waals surface area contributed by atoms with Crippen LogP contribution in [0, 0.1) is 15.5 Å². The summed E-state index contributed by atoms with van der Waals surface area (Å²) in [4.78, 5) is 35.2. The van der Waals surface area contributed by atoms with Gasteiger partial charge >= 0.3 is 0 Å². The maximum absolute atomic E-state index is 12.4. The van der Waals surface area contributed by atoms with E-state index in [2.05, 4.69) is 0 Å². The number of nitro groups is 1. The molecule has 0 aliphatic heterocycles. The molecule has 0 unspecified atom stereocenters. The maximum atomic E-state index is 12.4. The summed E-state index contributed by atoms with van der Waals surface area (Å²) in [7, 11) is 0. The average molecular weight is 338 g/mol. The minimum Gasteiger partial charge on any atom is -0.317 e. The number of hydrogen-bond donors (Lipinski definition) is 0. The summed E-state index contributed by atoms with van der Waals surface area (Å²) in [6.45, 7) is 3.82. The zero-order valence-electron chi connectivity index (χ0n) is 14.1. The molecule has 0 atom stereocenters. The van der Waals surface area contributed by atoms with Gasteiger partial charge in [-0.05, 0) is 29.7 Å². The van der Waals surface area contributed by atoms with Crippen molar-refractivity contribution >= 4 is 23.3 Å². The van der Waals surface area contributed by atoms with Gasteiger partial charge in [0.2, 0.25) is 0 Å². The first-order valence-electron chi connectivity index (χ1n) is 7.97. The molecule has 128 valence electrons. The fraction of sp³-hybridized carbons (Fsp3) is 0.263. The van der Waals surface area contributed by atoms with Gasteiger partial charge in [0.05, 0.1) is 16.2 Å². The SMILES string of the molecule is CC1(C)CC(=O)C(=Cc2cccn2-c2cccc([N+](=O)[O-])c2)C(=O)C1. The van der Waals surface area contributed by atoms with Crippen LogP contribution in [-0.4, -0.2) is 21.1 Å². The molecule has 1 fully saturated rings. The molecule has 2 aromatic rings. The number of non-ortho nitro benzene ring substituents is 1. The van der Waals surface area contributed by atoms with Crippen LogP contribution in [0.2, 0.25) is 0 Å². The molecule has 6 nitrogen and oxygen atoms in total. The van der Waals surface area contributed by atoms with E-state index in [-0.39, 0.29) is 28.2 Å². The topological polar surface area (TPSA) is 82.2 Å². The fourth-order valence-electron chi connectivity index (χ4n) is 3.09. The minimum atomic E-state index is -0.457. The van der Waals surface area contributed by atoms with E-state index in [4.69, 9.17) is 0 Å². The monoisotopic (exact) mass is 338 g/mol. The van der Waals surface area contributed by atoms with Crippen molar-refractivity contribution in [3.05, 3.63) is 64.0 Å². The van der Waals surface area contributed by atoms with E-state index in [1.807, 2.05) is 13.8 Å². The number of hydrogen-bond acceptors (Lipinski definition) is 4. The van der Waals surface area contributed by atoms with Crippen molar-refractivity contribution in [2.45, 2.75) is 26.7 Å². The van der Waals surface area contributed by atoms with Gasteiger partial charge in [0.1, 0.15) is 0 Å². The van der Waals surface area contributed by atoms with Crippen LogP contribution in [-0.2, 0) is 9.59 Å². The standard InChI is InChI=1S/C19H18N2O4/c1-19(2)11-17(22)16(18(23)12-19)10-14-7-4-8-20(14)13-5-3-6-15(9-13)21(24)25/h3-10H,11-12H2,1-2H3. The Bertz CT molecular complexity index is 884. The minimum absolute atomic E-state index is 0.0172. The van der Waals surface area contributed by atoms with Gasteiger partial charge in [0.15, 0.2) is 11.6 Å². The van der Waals surface area contributed by atoms with Gasteiger partial charge in [0, 0.05) is 36.9 Å². The molecule has 1 aromatic heterocycles. The highest BCUT2D eigenvalue weighted by atomic mass is 16.6. The first kappa shape index (κ1) is 16.8. The molecule has 1 aromatic carbocycles. The molecular weight excluding hydrogens is 320 g/mol. The van der Waals surface area contributed by atoms with Crippen LogP contribution in [0.15, 0.2) is 48.2 Å². The van der Waals surface area contributed by atoms with Crippen LogP contribution in [0.3, 0.4) is 0 Å². The van der Waals surface area contributed by atoms with Crippen molar-refractivity contribution in [3.8, 4) is 5.69 Å². The van der Waals surface area contributed by atoms with Gasteiger partial charge < -0.3 is 4.57 Å². The number of Topliss-reactive ketones (excluding diaryl/α,β-unsaturated/α-hetero) is 2. The normalized spacial score (nSPS) is 16.8. The van der Waals surface area contributed by atoms with Crippen LogP contribution in [0.5, 0.6) is 0 Å². The second-order valence-electron chi connectivity index (χ2n) is 7.00. The molecule has 1 saturated carbocycles. The fourth-order valence-corrected chi connectivity index (χ4v) is 3.09. The molecule has 0 radical (unpaired) electrons. The van der Waals surface area contributed by atoms with Gasteiger partial charge in [-0.3, -0.25) is 19.7 Å². The molecule has 3 rings (SSSR count). The summed E-state index contributed by atoms with van der Waals surface area (Å²) in [6.07, 6.45) is 4.00.